The topological polar surface area (TPSA) is 0 Å². The third-order valence-corrected chi connectivity index (χ3v) is 11.0. The van der Waals surface area contributed by atoms with E-state index in [9.17, 15) is 0 Å². The summed E-state index contributed by atoms with van der Waals surface area (Å²) in [5.41, 5.74) is 0. The Morgan fingerprint density at radius 1 is 0.650 bits per heavy atom. The van der Waals surface area contributed by atoms with Crippen LogP contribution in [0.5, 0.6) is 0 Å². The van der Waals surface area contributed by atoms with Gasteiger partial charge in [0, 0.05) is 0 Å². The molecule has 4 heteroatoms. The molecule has 0 atom stereocenters. The Morgan fingerprint density at radius 2 is 1.15 bits per heavy atom. The van der Waals surface area contributed by atoms with Gasteiger partial charge in [-0.2, -0.15) is 0 Å². The van der Waals surface area contributed by atoms with E-state index in [1.165, 1.54) is 30.0 Å². The molecule has 0 saturated heterocycles. The third kappa shape index (κ3) is 1.60. The van der Waals surface area contributed by atoms with Gasteiger partial charge in [-0.25, -0.2) is 0 Å². The quantitative estimate of drug-likeness (QED) is 0.365. The number of benzene rings is 2. The molecule has 0 fully saturated rings. The van der Waals surface area contributed by atoms with E-state index in [1.807, 2.05) is 34.4 Å². The minimum atomic E-state index is 0.475. The molecule has 2 aromatic heterocycles. The molecule has 0 unspecified atom stereocenters. The fourth-order valence-electron chi connectivity index (χ4n) is 2.51. The van der Waals surface area contributed by atoms with Crippen molar-refractivity contribution in [3.05, 3.63) is 48.5 Å². The molecule has 4 aromatic rings. The zero-order chi connectivity index (χ0) is 13.1. The first-order chi connectivity index (χ1) is 9.90. The van der Waals surface area contributed by atoms with Gasteiger partial charge in [0.05, 0.1) is 0 Å². The van der Waals surface area contributed by atoms with Gasteiger partial charge < -0.3 is 0 Å². The molecule has 0 N–H and O–H groups in total. The summed E-state index contributed by atoms with van der Waals surface area (Å²) in [4.78, 5) is 3.03. The Labute approximate surface area is 135 Å². The van der Waals surface area contributed by atoms with E-state index in [0.29, 0.717) is 15.0 Å². The van der Waals surface area contributed by atoms with Crippen LogP contribution in [0, 0.1) is 0 Å². The first-order valence-corrected chi connectivity index (χ1v) is 10.5. The molecule has 0 aliphatic carbocycles. The van der Waals surface area contributed by atoms with Crippen molar-refractivity contribution in [3.63, 3.8) is 0 Å². The van der Waals surface area contributed by atoms with Gasteiger partial charge >= 0.3 is 135 Å². The van der Waals surface area contributed by atoms with Crippen molar-refractivity contribution >= 4 is 77.1 Å². The van der Waals surface area contributed by atoms with E-state index >= 15 is 0 Å². The van der Waals surface area contributed by atoms with Gasteiger partial charge in [0.1, 0.15) is 0 Å². The molecule has 0 amide bonds. The van der Waals surface area contributed by atoms with Crippen molar-refractivity contribution in [2.75, 3.05) is 0 Å². The van der Waals surface area contributed by atoms with Crippen molar-refractivity contribution in [3.8, 4) is 0 Å². The van der Waals surface area contributed by atoms with E-state index < -0.39 is 0 Å². The normalized spacial score (nSPS) is 13.6. The number of hydrogen-bond acceptors (Lipinski definition) is 3. The molecule has 1 aliphatic heterocycles. The second kappa shape index (κ2) is 4.36. The van der Waals surface area contributed by atoms with Crippen LogP contribution in [0.3, 0.4) is 0 Å². The summed E-state index contributed by atoms with van der Waals surface area (Å²) in [6.07, 6.45) is 0. The van der Waals surface area contributed by atoms with E-state index in [1.54, 1.807) is 7.55 Å². The van der Waals surface area contributed by atoms with Crippen molar-refractivity contribution in [2.45, 2.75) is 9.79 Å². The van der Waals surface area contributed by atoms with Crippen molar-refractivity contribution in [2.24, 2.45) is 0 Å². The Kier molecular flexibility index (Phi) is 2.58. The molecule has 96 valence electrons. The molecule has 3 heterocycles. The van der Waals surface area contributed by atoms with Crippen LogP contribution in [0.2, 0.25) is 0 Å². The minimum absolute atomic E-state index is 0.475. The van der Waals surface area contributed by atoms with Crippen molar-refractivity contribution < 1.29 is 0 Å². The van der Waals surface area contributed by atoms with E-state index in [4.69, 9.17) is 0 Å². The van der Waals surface area contributed by atoms with Gasteiger partial charge in [-0.1, -0.05) is 0 Å². The van der Waals surface area contributed by atoms with E-state index in [-0.39, 0.29) is 0 Å². The molecular formula is C16H8S3Se. The third-order valence-electron chi connectivity index (χ3n) is 3.43. The Morgan fingerprint density at radius 3 is 1.70 bits per heavy atom. The predicted octanol–water partition coefficient (Wildman–Crippen LogP) is 4.24. The average Bonchev–Trinajstić information content (AvgIpc) is 3.02. The standard InChI is InChI=1S/C16H8S3Se/c1-3-7-11-9(5-1)13-15(17-11)20-16-14(19-13)10-6-2-4-8-12(10)18-16/h1-8H. The molecule has 0 spiro atoms. The number of fused-ring (bicyclic) bond motifs is 6. The molecule has 0 bridgehead atoms. The number of rotatable bonds is 0. The molecule has 2 aromatic carbocycles. The SMILES string of the molecule is c1ccc2c3c(sc2c1)[Se]c1sc2ccccc2c1S3. The Hall–Kier alpha value is -0.771. The average molecular weight is 375 g/mol. The summed E-state index contributed by atoms with van der Waals surface area (Å²) in [6, 6.07) is 17.7. The fourth-order valence-corrected chi connectivity index (χ4v) is 10.8. The second-order valence-corrected chi connectivity index (χ2v) is 11.1. The maximum atomic E-state index is 2.27. The van der Waals surface area contributed by atoms with Crippen molar-refractivity contribution in [1.82, 2.24) is 0 Å². The molecular weight excluding hydrogens is 367 g/mol. The van der Waals surface area contributed by atoms with Gasteiger partial charge in [0.25, 0.3) is 0 Å². The summed E-state index contributed by atoms with van der Waals surface area (Å²) >= 11 is 6.44. The van der Waals surface area contributed by atoms with Crippen LogP contribution in [0.4, 0.5) is 0 Å². The van der Waals surface area contributed by atoms with Gasteiger partial charge in [0.2, 0.25) is 0 Å². The van der Waals surface area contributed by atoms with Crippen LogP contribution < -0.4 is 7.55 Å². The van der Waals surface area contributed by atoms with Crippen LogP contribution in [0.25, 0.3) is 20.2 Å². The van der Waals surface area contributed by atoms with Gasteiger partial charge in [-0.05, 0) is 0 Å². The Balaban J connectivity index is 1.79. The molecule has 0 saturated carbocycles. The summed E-state index contributed by atoms with van der Waals surface area (Å²) in [6.45, 7) is 0. The van der Waals surface area contributed by atoms with E-state index in [2.05, 4.69) is 48.5 Å². The zero-order valence-corrected chi connectivity index (χ0v) is 14.4. The van der Waals surface area contributed by atoms with Crippen LogP contribution in [0.1, 0.15) is 0 Å². The monoisotopic (exact) mass is 376 g/mol. The summed E-state index contributed by atoms with van der Waals surface area (Å²) in [5.74, 6) is 0. The van der Waals surface area contributed by atoms with Crippen LogP contribution in [-0.4, -0.2) is 15.0 Å². The zero-order valence-electron chi connectivity index (χ0n) is 10.3. The summed E-state index contributed by atoms with van der Waals surface area (Å²) in [5, 5.41) is 2.89. The van der Waals surface area contributed by atoms with Gasteiger partial charge in [-0.15, -0.1) is 0 Å². The molecule has 1 aliphatic rings. The summed E-state index contributed by atoms with van der Waals surface area (Å²) in [7, 11) is 0. The second-order valence-electron chi connectivity index (χ2n) is 4.63. The van der Waals surface area contributed by atoms with Gasteiger partial charge in [-0.3, -0.25) is 0 Å². The molecule has 20 heavy (non-hydrogen) atoms. The molecule has 0 radical (unpaired) electrons. The van der Waals surface area contributed by atoms with Gasteiger partial charge in [0.15, 0.2) is 0 Å². The fraction of sp³-hybridized carbons (Fsp3) is 0. The molecule has 0 nitrogen and oxygen atoms in total. The Bertz CT molecular complexity index is 886. The van der Waals surface area contributed by atoms with E-state index in [0.717, 1.165) is 0 Å². The van der Waals surface area contributed by atoms with Crippen LogP contribution in [-0.2, 0) is 0 Å². The summed E-state index contributed by atoms with van der Waals surface area (Å²) < 4.78 is 6.07. The van der Waals surface area contributed by atoms with Crippen LogP contribution >= 0.6 is 34.4 Å². The number of thiophene rings is 2. The number of hydrogen-bond donors (Lipinski definition) is 0. The van der Waals surface area contributed by atoms with Crippen LogP contribution in [0.15, 0.2) is 58.3 Å². The maximum absolute atomic E-state index is 2.27. The first-order valence-electron chi connectivity index (χ1n) is 6.29. The van der Waals surface area contributed by atoms with Crippen molar-refractivity contribution in [1.29, 1.82) is 0 Å². The predicted molar refractivity (Wildman–Crippen MR) is 92.8 cm³/mol. The first kappa shape index (κ1) is 11.8. The molecule has 5 rings (SSSR count).